The molecule has 0 atom stereocenters. The molecule has 0 bridgehead atoms. The van der Waals surface area contributed by atoms with Crippen molar-refractivity contribution in [1.29, 1.82) is 0 Å². The van der Waals surface area contributed by atoms with Gasteiger partial charge in [0.25, 0.3) is 0 Å². The number of rotatable bonds is 9. The van der Waals surface area contributed by atoms with Crippen molar-refractivity contribution < 1.29 is 14.2 Å². The van der Waals surface area contributed by atoms with Gasteiger partial charge in [0, 0.05) is 13.2 Å². The van der Waals surface area contributed by atoms with Gasteiger partial charge in [0.15, 0.2) is 11.5 Å². The molecule has 0 aliphatic carbocycles. The van der Waals surface area contributed by atoms with E-state index in [1.807, 2.05) is 48.5 Å². The van der Waals surface area contributed by atoms with Crippen LogP contribution < -0.4 is 14.9 Å². The van der Waals surface area contributed by atoms with Crippen molar-refractivity contribution in [3.05, 3.63) is 66.6 Å². The number of ether oxygens (including phenoxy) is 3. The Labute approximate surface area is 179 Å². The zero-order valence-electron chi connectivity index (χ0n) is 17.2. The van der Waals surface area contributed by atoms with Crippen LogP contribution in [0.2, 0.25) is 0 Å². The van der Waals surface area contributed by atoms with Gasteiger partial charge in [0.1, 0.15) is 24.4 Å². The molecule has 158 valence electrons. The van der Waals surface area contributed by atoms with E-state index in [1.165, 1.54) is 6.33 Å². The van der Waals surface area contributed by atoms with Crippen molar-refractivity contribution in [2.45, 2.75) is 0 Å². The van der Waals surface area contributed by atoms with E-state index in [0.29, 0.717) is 24.7 Å². The topological polar surface area (TPSA) is 95.7 Å². The summed E-state index contributed by atoms with van der Waals surface area (Å²) in [5.74, 6) is 2.09. The molecular weight excluding hydrogens is 396 g/mol. The van der Waals surface area contributed by atoms with Gasteiger partial charge in [-0.3, -0.25) is 5.43 Å². The van der Waals surface area contributed by atoms with E-state index < -0.39 is 0 Å². The number of benzene rings is 2. The van der Waals surface area contributed by atoms with Crippen LogP contribution >= 0.6 is 0 Å². The number of hydrazone groups is 1. The minimum absolute atomic E-state index is 0.513. The van der Waals surface area contributed by atoms with Gasteiger partial charge in [-0.1, -0.05) is 6.07 Å². The monoisotopic (exact) mass is 418 g/mol. The molecule has 9 nitrogen and oxygen atoms in total. The summed E-state index contributed by atoms with van der Waals surface area (Å²) in [5.41, 5.74) is 5.40. The molecule has 9 heteroatoms. The molecule has 4 aromatic rings. The quantitative estimate of drug-likeness (QED) is 0.253. The maximum Gasteiger partial charge on any atom is 0.168 e. The highest BCUT2D eigenvalue weighted by atomic mass is 16.5. The third-order valence-electron chi connectivity index (χ3n) is 4.48. The molecule has 0 amide bonds. The summed E-state index contributed by atoms with van der Waals surface area (Å²) >= 11 is 0. The Morgan fingerprint density at radius 2 is 1.90 bits per heavy atom. The van der Waals surface area contributed by atoms with Crippen LogP contribution in [0.15, 0.2) is 66.2 Å². The van der Waals surface area contributed by atoms with Crippen LogP contribution in [-0.4, -0.2) is 53.4 Å². The van der Waals surface area contributed by atoms with Crippen LogP contribution in [0.1, 0.15) is 5.56 Å². The summed E-state index contributed by atoms with van der Waals surface area (Å²) < 4.78 is 17.6. The highest BCUT2D eigenvalue weighted by Crippen LogP contribution is 2.23. The third-order valence-corrected chi connectivity index (χ3v) is 4.48. The standard InChI is InChI=1S/C22H22N6O3/c1-29-10-11-31-18-8-6-16(7-9-18)13-25-27-21-20-14-26-28(22(20)24-15-23-21)17-4-3-5-19(12-17)30-2/h3-9,12-15H,10-11H2,1-2H3,(H,23,24,27)/b25-13+. The SMILES string of the molecule is COCCOc1ccc(/C=N/Nc2ncnc3c2cnn3-c2cccc(OC)c2)cc1. The fourth-order valence-electron chi connectivity index (χ4n) is 2.93. The zero-order valence-corrected chi connectivity index (χ0v) is 17.2. The molecule has 2 aromatic carbocycles. The normalized spacial score (nSPS) is 11.2. The minimum atomic E-state index is 0.513. The smallest absolute Gasteiger partial charge is 0.168 e. The van der Waals surface area contributed by atoms with E-state index in [2.05, 4.69) is 25.6 Å². The molecule has 1 N–H and O–H groups in total. The molecule has 2 aromatic heterocycles. The first kappa shape index (κ1) is 20.3. The maximum atomic E-state index is 5.56. The van der Waals surface area contributed by atoms with Crippen molar-refractivity contribution in [1.82, 2.24) is 19.7 Å². The number of nitrogens with zero attached hydrogens (tertiary/aromatic N) is 5. The molecule has 31 heavy (non-hydrogen) atoms. The van der Waals surface area contributed by atoms with Gasteiger partial charge >= 0.3 is 0 Å². The summed E-state index contributed by atoms with van der Waals surface area (Å²) in [5, 5.41) is 9.50. The first-order valence-corrected chi connectivity index (χ1v) is 9.62. The third kappa shape index (κ3) is 4.78. The van der Waals surface area contributed by atoms with Gasteiger partial charge in [-0.05, 0) is 42.0 Å². The molecule has 0 saturated carbocycles. The van der Waals surface area contributed by atoms with Gasteiger partial charge in [0.05, 0.1) is 37.2 Å². The largest absolute Gasteiger partial charge is 0.497 e. The Morgan fingerprint density at radius 1 is 1.03 bits per heavy atom. The van der Waals surface area contributed by atoms with E-state index in [4.69, 9.17) is 14.2 Å². The predicted octanol–water partition coefficient (Wildman–Crippen LogP) is 3.30. The first-order valence-electron chi connectivity index (χ1n) is 9.62. The molecule has 2 heterocycles. The van der Waals surface area contributed by atoms with Gasteiger partial charge in [-0.2, -0.15) is 10.2 Å². The molecule has 0 aliphatic heterocycles. The average molecular weight is 418 g/mol. The lowest BCUT2D eigenvalue weighted by Gasteiger charge is -2.06. The molecule has 0 fully saturated rings. The summed E-state index contributed by atoms with van der Waals surface area (Å²) in [6.07, 6.45) is 4.89. The van der Waals surface area contributed by atoms with Crippen molar-refractivity contribution in [3.8, 4) is 17.2 Å². The average Bonchev–Trinajstić information content (AvgIpc) is 3.25. The second-order valence-electron chi connectivity index (χ2n) is 6.50. The van der Waals surface area contributed by atoms with Crippen LogP contribution in [0.5, 0.6) is 11.5 Å². The number of hydrogen-bond acceptors (Lipinski definition) is 8. The Balaban J connectivity index is 1.48. The van der Waals surface area contributed by atoms with E-state index in [9.17, 15) is 0 Å². The summed E-state index contributed by atoms with van der Waals surface area (Å²) in [6.45, 7) is 1.06. The van der Waals surface area contributed by atoms with Crippen LogP contribution in [0.4, 0.5) is 5.82 Å². The Hall–Kier alpha value is -3.98. The molecule has 0 unspecified atom stereocenters. The number of aromatic nitrogens is 4. The molecular formula is C22H22N6O3. The molecule has 0 spiro atoms. The Bertz CT molecular complexity index is 1170. The lowest BCUT2D eigenvalue weighted by Crippen LogP contribution is -2.04. The number of methoxy groups -OCH3 is 2. The second kappa shape index (κ2) is 9.68. The number of hydrogen-bond donors (Lipinski definition) is 1. The summed E-state index contributed by atoms with van der Waals surface area (Å²) in [7, 11) is 3.27. The molecule has 0 aliphatic rings. The van der Waals surface area contributed by atoms with Crippen molar-refractivity contribution in [2.24, 2.45) is 5.10 Å². The summed E-state index contributed by atoms with van der Waals surface area (Å²) in [4.78, 5) is 8.66. The van der Waals surface area contributed by atoms with E-state index in [0.717, 1.165) is 28.1 Å². The lowest BCUT2D eigenvalue weighted by atomic mass is 10.2. The molecule has 4 rings (SSSR count). The second-order valence-corrected chi connectivity index (χ2v) is 6.50. The fourth-order valence-corrected chi connectivity index (χ4v) is 2.93. The van der Waals surface area contributed by atoms with Gasteiger partial charge < -0.3 is 14.2 Å². The van der Waals surface area contributed by atoms with Crippen LogP contribution in [0.25, 0.3) is 16.7 Å². The van der Waals surface area contributed by atoms with Crippen molar-refractivity contribution >= 4 is 23.1 Å². The Morgan fingerprint density at radius 3 is 2.71 bits per heavy atom. The molecule has 0 saturated heterocycles. The lowest BCUT2D eigenvalue weighted by molar-refractivity contribution is 0.146. The van der Waals surface area contributed by atoms with Crippen LogP contribution in [-0.2, 0) is 4.74 Å². The van der Waals surface area contributed by atoms with Crippen LogP contribution in [0, 0.1) is 0 Å². The number of anilines is 1. The van der Waals surface area contributed by atoms with Gasteiger partial charge in [-0.15, -0.1) is 0 Å². The molecule has 0 radical (unpaired) electrons. The fraction of sp³-hybridized carbons (Fsp3) is 0.182. The summed E-state index contributed by atoms with van der Waals surface area (Å²) in [6, 6.07) is 15.2. The van der Waals surface area contributed by atoms with Crippen molar-refractivity contribution in [2.75, 3.05) is 32.9 Å². The van der Waals surface area contributed by atoms with Crippen LogP contribution in [0.3, 0.4) is 0 Å². The van der Waals surface area contributed by atoms with E-state index >= 15 is 0 Å². The van der Waals surface area contributed by atoms with Gasteiger partial charge in [-0.25, -0.2) is 14.6 Å². The predicted molar refractivity (Wildman–Crippen MR) is 118 cm³/mol. The Kier molecular flexibility index (Phi) is 6.34. The highest BCUT2D eigenvalue weighted by Gasteiger charge is 2.11. The highest BCUT2D eigenvalue weighted by molar-refractivity contribution is 5.88. The van der Waals surface area contributed by atoms with E-state index in [-0.39, 0.29) is 0 Å². The number of fused-ring (bicyclic) bond motifs is 1. The number of nitrogens with one attached hydrogen (secondary N) is 1. The first-order chi connectivity index (χ1) is 15.3. The maximum absolute atomic E-state index is 5.56. The zero-order chi connectivity index (χ0) is 21.5. The van der Waals surface area contributed by atoms with E-state index in [1.54, 1.807) is 31.3 Å². The van der Waals surface area contributed by atoms with Crippen molar-refractivity contribution in [3.63, 3.8) is 0 Å². The van der Waals surface area contributed by atoms with Gasteiger partial charge in [0.2, 0.25) is 0 Å². The minimum Gasteiger partial charge on any atom is -0.497 e.